The van der Waals surface area contributed by atoms with Gasteiger partial charge in [-0.25, -0.2) is 12.8 Å². The Balaban J connectivity index is 2.10. The lowest BCUT2D eigenvalue weighted by Gasteiger charge is -2.34. The number of nitrogens with zero attached hydrogens (tertiary/aromatic N) is 2. The van der Waals surface area contributed by atoms with E-state index in [-0.39, 0.29) is 30.5 Å². The van der Waals surface area contributed by atoms with Crippen molar-refractivity contribution in [1.29, 1.82) is 0 Å². The first-order valence-electron chi connectivity index (χ1n) is 13.3. The fourth-order valence-corrected chi connectivity index (χ4v) is 5.41. The van der Waals surface area contributed by atoms with Gasteiger partial charge in [0.2, 0.25) is 21.8 Å². The number of anilines is 1. The zero-order valence-electron chi connectivity index (χ0n) is 23.7. The molecule has 3 rings (SSSR count). The van der Waals surface area contributed by atoms with Gasteiger partial charge in [0.1, 0.15) is 18.4 Å². The molecule has 40 heavy (non-hydrogen) atoms. The van der Waals surface area contributed by atoms with E-state index in [0.717, 1.165) is 21.7 Å². The molecular formula is C31H38FN3O4S. The van der Waals surface area contributed by atoms with Gasteiger partial charge in [0.15, 0.2) is 0 Å². The molecule has 214 valence electrons. The van der Waals surface area contributed by atoms with E-state index in [4.69, 9.17) is 0 Å². The number of halogens is 1. The summed E-state index contributed by atoms with van der Waals surface area (Å²) in [6.45, 7) is 6.76. The Hall–Kier alpha value is -3.72. The van der Waals surface area contributed by atoms with Gasteiger partial charge in [-0.3, -0.25) is 13.9 Å². The number of rotatable bonds is 12. The first-order valence-corrected chi connectivity index (χ1v) is 15.2. The normalized spacial score (nSPS) is 12.3. The van der Waals surface area contributed by atoms with E-state index in [1.807, 2.05) is 70.2 Å². The van der Waals surface area contributed by atoms with Crippen LogP contribution in [0.3, 0.4) is 0 Å². The van der Waals surface area contributed by atoms with Crippen LogP contribution < -0.4 is 9.62 Å². The molecule has 0 saturated carbocycles. The van der Waals surface area contributed by atoms with Crippen molar-refractivity contribution in [3.63, 3.8) is 0 Å². The number of amides is 2. The quantitative estimate of drug-likeness (QED) is 0.338. The van der Waals surface area contributed by atoms with Gasteiger partial charge in [-0.15, -0.1) is 0 Å². The summed E-state index contributed by atoms with van der Waals surface area (Å²) in [7, 11) is -3.90. The predicted molar refractivity (Wildman–Crippen MR) is 157 cm³/mol. The third-order valence-corrected chi connectivity index (χ3v) is 7.63. The molecule has 0 aliphatic carbocycles. The van der Waals surface area contributed by atoms with E-state index in [0.29, 0.717) is 5.69 Å². The molecule has 3 aromatic carbocycles. The van der Waals surface area contributed by atoms with E-state index in [2.05, 4.69) is 5.32 Å². The molecule has 1 atom stereocenters. The van der Waals surface area contributed by atoms with Gasteiger partial charge in [-0.2, -0.15) is 0 Å². The van der Waals surface area contributed by atoms with Crippen LogP contribution in [0.4, 0.5) is 10.1 Å². The average molecular weight is 568 g/mol. The zero-order valence-corrected chi connectivity index (χ0v) is 24.5. The molecule has 9 heteroatoms. The van der Waals surface area contributed by atoms with Crippen molar-refractivity contribution in [3.05, 3.63) is 101 Å². The molecule has 0 bridgehead atoms. The summed E-state index contributed by atoms with van der Waals surface area (Å²) in [6, 6.07) is 21.1. The SMILES string of the molecule is CC(C)NC(=O)C(Cc1ccccc1)N(Cc1ccccc1F)C(=O)CN(c1ccccc1C(C)C)S(C)(=O)=O. The Bertz CT molecular complexity index is 1410. The fourth-order valence-electron chi connectivity index (χ4n) is 4.54. The molecule has 0 spiro atoms. The van der Waals surface area contributed by atoms with Crippen molar-refractivity contribution in [2.24, 2.45) is 0 Å². The number of nitrogens with one attached hydrogen (secondary N) is 1. The Kier molecular flexibility index (Phi) is 10.5. The second kappa shape index (κ2) is 13.6. The molecule has 3 aromatic rings. The third kappa shape index (κ3) is 8.14. The van der Waals surface area contributed by atoms with Gasteiger partial charge in [0, 0.05) is 24.6 Å². The fraction of sp³-hybridized carbons (Fsp3) is 0.355. The highest BCUT2D eigenvalue weighted by Gasteiger charge is 2.34. The summed E-state index contributed by atoms with van der Waals surface area (Å²) in [4.78, 5) is 28.9. The monoisotopic (exact) mass is 567 g/mol. The number of para-hydroxylation sites is 1. The minimum Gasteiger partial charge on any atom is -0.352 e. The number of carbonyl (C=O) groups is 2. The van der Waals surface area contributed by atoms with Crippen LogP contribution in [0.25, 0.3) is 0 Å². The lowest BCUT2D eigenvalue weighted by atomic mass is 10.0. The van der Waals surface area contributed by atoms with Crippen molar-refractivity contribution in [2.45, 2.75) is 58.7 Å². The molecule has 0 radical (unpaired) electrons. The van der Waals surface area contributed by atoms with E-state index >= 15 is 0 Å². The highest BCUT2D eigenvalue weighted by molar-refractivity contribution is 7.92. The first-order chi connectivity index (χ1) is 18.9. The van der Waals surface area contributed by atoms with Crippen LogP contribution in [0, 0.1) is 5.82 Å². The van der Waals surface area contributed by atoms with Gasteiger partial charge in [-0.1, -0.05) is 80.6 Å². The molecule has 0 aliphatic heterocycles. The van der Waals surface area contributed by atoms with Crippen molar-refractivity contribution < 1.29 is 22.4 Å². The van der Waals surface area contributed by atoms with Gasteiger partial charge in [0.25, 0.3) is 0 Å². The van der Waals surface area contributed by atoms with Crippen LogP contribution in [0.15, 0.2) is 78.9 Å². The summed E-state index contributed by atoms with van der Waals surface area (Å²) in [5.74, 6) is -1.55. The Labute approximate surface area is 237 Å². The number of sulfonamides is 1. The predicted octanol–water partition coefficient (Wildman–Crippen LogP) is 4.88. The number of carbonyl (C=O) groups excluding carboxylic acids is 2. The highest BCUT2D eigenvalue weighted by atomic mass is 32.2. The molecule has 0 aromatic heterocycles. The van der Waals surface area contributed by atoms with Gasteiger partial charge >= 0.3 is 0 Å². The Morgan fingerprint density at radius 3 is 2.08 bits per heavy atom. The second-order valence-electron chi connectivity index (χ2n) is 10.5. The van der Waals surface area contributed by atoms with Crippen LogP contribution >= 0.6 is 0 Å². The molecule has 0 aliphatic rings. The maximum atomic E-state index is 14.8. The van der Waals surface area contributed by atoms with E-state index in [9.17, 15) is 22.4 Å². The summed E-state index contributed by atoms with van der Waals surface area (Å²) >= 11 is 0. The second-order valence-corrected chi connectivity index (χ2v) is 12.4. The van der Waals surface area contributed by atoms with Crippen LogP contribution in [-0.4, -0.2) is 50.0 Å². The zero-order chi connectivity index (χ0) is 29.4. The maximum absolute atomic E-state index is 14.8. The summed E-state index contributed by atoms with van der Waals surface area (Å²) in [5, 5.41) is 2.88. The van der Waals surface area contributed by atoms with Crippen molar-refractivity contribution in [2.75, 3.05) is 17.1 Å². The highest BCUT2D eigenvalue weighted by Crippen LogP contribution is 2.29. The number of hydrogen-bond donors (Lipinski definition) is 1. The third-order valence-electron chi connectivity index (χ3n) is 6.51. The van der Waals surface area contributed by atoms with Crippen LogP contribution in [0.1, 0.15) is 50.3 Å². The molecule has 0 fully saturated rings. The average Bonchev–Trinajstić information content (AvgIpc) is 2.89. The largest absolute Gasteiger partial charge is 0.352 e. The van der Waals surface area contributed by atoms with Gasteiger partial charge in [-0.05, 0) is 43.0 Å². The summed E-state index contributed by atoms with van der Waals surface area (Å²) < 4.78 is 42.0. The Morgan fingerprint density at radius 2 is 1.48 bits per heavy atom. The molecule has 0 heterocycles. The molecule has 0 saturated heterocycles. The van der Waals surface area contributed by atoms with Gasteiger partial charge < -0.3 is 10.2 Å². The summed E-state index contributed by atoms with van der Waals surface area (Å²) in [5.41, 5.74) is 2.19. The minimum absolute atomic E-state index is 0.00674. The lowest BCUT2D eigenvalue weighted by molar-refractivity contribution is -0.140. The van der Waals surface area contributed by atoms with Gasteiger partial charge in [0.05, 0.1) is 11.9 Å². The minimum atomic E-state index is -3.90. The van der Waals surface area contributed by atoms with Crippen LogP contribution in [0.5, 0.6) is 0 Å². The molecule has 7 nitrogen and oxygen atoms in total. The number of hydrogen-bond acceptors (Lipinski definition) is 4. The summed E-state index contributed by atoms with van der Waals surface area (Å²) in [6.07, 6.45) is 1.21. The molecule has 1 N–H and O–H groups in total. The Morgan fingerprint density at radius 1 is 0.875 bits per heavy atom. The maximum Gasteiger partial charge on any atom is 0.244 e. The van der Waals surface area contributed by atoms with Crippen molar-refractivity contribution >= 4 is 27.5 Å². The standard InChI is InChI=1S/C31H38FN3O4S/c1-22(2)26-16-10-12-18-28(26)35(40(5,38)39)21-30(36)34(20-25-15-9-11-17-27(25)32)29(31(37)33-23(3)4)19-24-13-7-6-8-14-24/h6-18,22-23,29H,19-21H2,1-5H3,(H,33,37). The lowest BCUT2D eigenvalue weighted by Crippen LogP contribution is -2.54. The number of benzene rings is 3. The van der Waals surface area contributed by atoms with E-state index in [1.54, 1.807) is 30.3 Å². The van der Waals surface area contributed by atoms with Crippen LogP contribution in [-0.2, 0) is 32.6 Å². The van der Waals surface area contributed by atoms with Crippen molar-refractivity contribution in [1.82, 2.24) is 10.2 Å². The molecule has 2 amide bonds. The topological polar surface area (TPSA) is 86.8 Å². The smallest absolute Gasteiger partial charge is 0.244 e. The van der Waals surface area contributed by atoms with E-state index < -0.39 is 40.2 Å². The first kappa shape index (κ1) is 30.8. The van der Waals surface area contributed by atoms with Crippen LogP contribution in [0.2, 0.25) is 0 Å². The van der Waals surface area contributed by atoms with Crippen molar-refractivity contribution in [3.8, 4) is 0 Å². The molecular weight excluding hydrogens is 529 g/mol. The molecule has 1 unspecified atom stereocenters. The van der Waals surface area contributed by atoms with E-state index in [1.165, 1.54) is 11.0 Å².